The number of hydrogen-bond acceptors (Lipinski definition) is 5. The Labute approximate surface area is 179 Å². The molecule has 4 rings (SSSR count). The number of nitrogens with zero attached hydrogens (tertiary/aromatic N) is 3. The molecule has 0 radical (unpaired) electrons. The van der Waals surface area contributed by atoms with Gasteiger partial charge in [0.2, 0.25) is 0 Å². The molecule has 1 N–H and O–H groups in total. The first kappa shape index (κ1) is 20.7. The van der Waals surface area contributed by atoms with Crippen LogP contribution in [-0.4, -0.2) is 28.6 Å². The zero-order valence-electron chi connectivity index (χ0n) is 17.3. The number of nitrogens with one attached hydrogen (secondary N) is 1. The lowest BCUT2D eigenvalue weighted by Gasteiger charge is -2.15. The van der Waals surface area contributed by atoms with E-state index in [4.69, 9.17) is 14.7 Å². The smallest absolute Gasteiger partial charge is 0.163 e. The summed E-state index contributed by atoms with van der Waals surface area (Å²) in [5, 5.41) is 4.03. The molecular formula is C24H22F2N4O. The van der Waals surface area contributed by atoms with Crippen LogP contribution in [0.2, 0.25) is 0 Å². The van der Waals surface area contributed by atoms with Gasteiger partial charge in [-0.15, -0.1) is 0 Å². The van der Waals surface area contributed by atoms with Gasteiger partial charge in [-0.1, -0.05) is 13.3 Å². The molecule has 2 aromatic carbocycles. The Kier molecular flexibility index (Phi) is 6.02. The summed E-state index contributed by atoms with van der Waals surface area (Å²) in [6, 6.07) is 10.5. The van der Waals surface area contributed by atoms with Gasteiger partial charge in [0.15, 0.2) is 5.82 Å². The second-order valence-electron chi connectivity index (χ2n) is 7.12. The predicted octanol–water partition coefficient (Wildman–Crippen LogP) is 5.86. The number of fused-ring (bicyclic) bond motifs is 1. The topological polar surface area (TPSA) is 59.9 Å². The van der Waals surface area contributed by atoms with E-state index >= 15 is 0 Å². The van der Waals surface area contributed by atoms with Crippen molar-refractivity contribution in [2.75, 3.05) is 19.0 Å². The molecule has 0 aliphatic heterocycles. The van der Waals surface area contributed by atoms with E-state index < -0.39 is 11.6 Å². The maximum atomic E-state index is 14.5. The average Bonchev–Trinajstić information content (AvgIpc) is 2.80. The van der Waals surface area contributed by atoms with E-state index in [2.05, 4.69) is 17.2 Å². The van der Waals surface area contributed by atoms with Crippen LogP contribution in [0.15, 0.2) is 54.9 Å². The fourth-order valence-electron chi connectivity index (χ4n) is 3.37. The molecule has 0 aliphatic carbocycles. The number of aromatic nitrogens is 3. The summed E-state index contributed by atoms with van der Waals surface area (Å²) in [7, 11) is 1.52. The predicted molar refractivity (Wildman–Crippen MR) is 118 cm³/mol. The fraction of sp³-hybridized carbons (Fsp3) is 0.208. The van der Waals surface area contributed by atoms with Crippen molar-refractivity contribution in [3.63, 3.8) is 0 Å². The monoisotopic (exact) mass is 420 g/mol. The lowest BCUT2D eigenvalue weighted by Crippen LogP contribution is -2.06. The first-order chi connectivity index (χ1) is 15.1. The lowest BCUT2D eigenvalue weighted by molar-refractivity contribution is 0.419. The summed E-state index contributed by atoms with van der Waals surface area (Å²) >= 11 is 0. The Morgan fingerprint density at radius 2 is 1.90 bits per heavy atom. The summed E-state index contributed by atoms with van der Waals surface area (Å²) in [5.74, 6) is 0.523. The van der Waals surface area contributed by atoms with Crippen LogP contribution in [0.5, 0.6) is 5.75 Å². The Morgan fingerprint density at radius 1 is 1.03 bits per heavy atom. The van der Waals surface area contributed by atoms with Gasteiger partial charge < -0.3 is 10.1 Å². The summed E-state index contributed by atoms with van der Waals surface area (Å²) < 4.78 is 33.9. The second-order valence-corrected chi connectivity index (χ2v) is 7.12. The van der Waals surface area contributed by atoms with Crippen LogP contribution < -0.4 is 10.1 Å². The van der Waals surface area contributed by atoms with Gasteiger partial charge in [-0.05, 0) is 54.4 Å². The maximum absolute atomic E-state index is 14.5. The molecule has 0 saturated carbocycles. The molecule has 0 unspecified atom stereocenters. The zero-order chi connectivity index (χ0) is 21.8. The third kappa shape index (κ3) is 4.30. The molecule has 0 amide bonds. The van der Waals surface area contributed by atoms with Gasteiger partial charge in [0.05, 0.1) is 7.11 Å². The average molecular weight is 420 g/mol. The number of pyridine rings is 1. The van der Waals surface area contributed by atoms with Crippen molar-refractivity contribution in [3.8, 4) is 28.3 Å². The van der Waals surface area contributed by atoms with Crippen LogP contribution in [0.1, 0.15) is 19.8 Å². The fourth-order valence-corrected chi connectivity index (χ4v) is 3.37. The van der Waals surface area contributed by atoms with E-state index in [1.807, 2.05) is 12.1 Å². The molecule has 0 aliphatic rings. The summed E-state index contributed by atoms with van der Waals surface area (Å²) in [6.45, 7) is 2.82. The molecule has 0 saturated heterocycles. The summed E-state index contributed by atoms with van der Waals surface area (Å²) in [5.41, 5.74) is 1.98. The highest BCUT2D eigenvalue weighted by atomic mass is 19.1. The van der Waals surface area contributed by atoms with Gasteiger partial charge in [0.25, 0.3) is 0 Å². The van der Waals surface area contributed by atoms with Crippen molar-refractivity contribution in [3.05, 3.63) is 66.5 Å². The van der Waals surface area contributed by atoms with Crippen molar-refractivity contribution in [1.29, 1.82) is 0 Å². The maximum Gasteiger partial charge on any atom is 0.163 e. The van der Waals surface area contributed by atoms with Gasteiger partial charge in [0, 0.05) is 35.5 Å². The van der Waals surface area contributed by atoms with E-state index in [1.54, 1.807) is 24.5 Å². The van der Waals surface area contributed by atoms with Gasteiger partial charge >= 0.3 is 0 Å². The van der Waals surface area contributed by atoms with Gasteiger partial charge in [0.1, 0.15) is 28.7 Å². The van der Waals surface area contributed by atoms with Gasteiger partial charge in [-0.3, -0.25) is 4.98 Å². The number of rotatable bonds is 7. The van der Waals surface area contributed by atoms with E-state index in [1.165, 1.54) is 13.2 Å². The molecule has 2 aromatic heterocycles. The Bertz CT molecular complexity index is 1220. The molecule has 0 fully saturated rings. The number of halogens is 2. The summed E-state index contributed by atoms with van der Waals surface area (Å²) in [6.07, 6.45) is 5.36. The Hall–Kier alpha value is -3.61. The van der Waals surface area contributed by atoms with Crippen LogP contribution in [0.3, 0.4) is 0 Å². The minimum atomic E-state index is -0.517. The van der Waals surface area contributed by atoms with Crippen molar-refractivity contribution < 1.29 is 13.5 Å². The van der Waals surface area contributed by atoms with E-state index in [0.717, 1.165) is 37.1 Å². The van der Waals surface area contributed by atoms with Crippen molar-refractivity contribution >= 4 is 16.7 Å². The highest BCUT2D eigenvalue weighted by Crippen LogP contribution is 2.36. The number of ether oxygens (including phenoxy) is 1. The number of anilines is 1. The molecular weight excluding hydrogens is 398 g/mol. The number of unbranched alkanes of at least 4 members (excludes halogenated alkanes) is 1. The van der Waals surface area contributed by atoms with Crippen LogP contribution in [0.25, 0.3) is 33.4 Å². The quantitative estimate of drug-likeness (QED) is 0.380. The number of benzene rings is 2. The molecule has 2 heterocycles. The zero-order valence-corrected chi connectivity index (χ0v) is 17.3. The Balaban J connectivity index is 1.95. The van der Waals surface area contributed by atoms with E-state index in [-0.39, 0.29) is 5.56 Å². The SMILES string of the molecule is CCCCNc1nc(-c2cccnc2)nc2c(OC)cc(-c3cc(F)ccc3F)cc12. The first-order valence-electron chi connectivity index (χ1n) is 10.1. The third-order valence-corrected chi connectivity index (χ3v) is 4.97. The molecule has 0 spiro atoms. The van der Waals surface area contributed by atoms with Gasteiger partial charge in [-0.2, -0.15) is 0 Å². The van der Waals surface area contributed by atoms with Crippen LogP contribution in [0.4, 0.5) is 14.6 Å². The van der Waals surface area contributed by atoms with Crippen molar-refractivity contribution in [2.45, 2.75) is 19.8 Å². The first-order valence-corrected chi connectivity index (χ1v) is 10.1. The lowest BCUT2D eigenvalue weighted by atomic mass is 10.0. The number of methoxy groups -OCH3 is 1. The molecule has 5 nitrogen and oxygen atoms in total. The highest BCUT2D eigenvalue weighted by molar-refractivity contribution is 5.97. The normalized spacial score (nSPS) is 11.0. The van der Waals surface area contributed by atoms with E-state index in [0.29, 0.717) is 33.9 Å². The molecule has 158 valence electrons. The third-order valence-electron chi connectivity index (χ3n) is 4.97. The second kappa shape index (κ2) is 9.04. The van der Waals surface area contributed by atoms with Crippen LogP contribution in [-0.2, 0) is 0 Å². The molecule has 31 heavy (non-hydrogen) atoms. The van der Waals surface area contributed by atoms with Crippen molar-refractivity contribution in [1.82, 2.24) is 15.0 Å². The van der Waals surface area contributed by atoms with Crippen LogP contribution in [0, 0.1) is 11.6 Å². The minimum absolute atomic E-state index is 0.149. The van der Waals surface area contributed by atoms with E-state index in [9.17, 15) is 8.78 Å². The minimum Gasteiger partial charge on any atom is -0.494 e. The molecule has 4 aromatic rings. The summed E-state index contributed by atoms with van der Waals surface area (Å²) in [4.78, 5) is 13.6. The molecule has 0 bridgehead atoms. The molecule has 0 atom stereocenters. The molecule has 7 heteroatoms. The van der Waals surface area contributed by atoms with Crippen LogP contribution >= 0.6 is 0 Å². The Morgan fingerprint density at radius 3 is 2.65 bits per heavy atom. The largest absolute Gasteiger partial charge is 0.494 e. The number of hydrogen-bond donors (Lipinski definition) is 1. The highest BCUT2D eigenvalue weighted by Gasteiger charge is 2.17. The van der Waals surface area contributed by atoms with Crippen molar-refractivity contribution in [2.24, 2.45) is 0 Å². The standard InChI is InChI=1S/C24H22F2N4O/c1-3-4-10-28-24-19-11-16(18-13-17(25)7-8-20(18)26)12-21(31-2)22(19)29-23(30-24)15-6-5-9-27-14-15/h5-9,11-14H,3-4,10H2,1-2H3,(H,28,29,30). The van der Waals surface area contributed by atoms with Gasteiger partial charge in [-0.25, -0.2) is 18.7 Å².